The normalized spacial score (nSPS) is 27.5. The molecule has 1 unspecified atom stereocenters. The Kier molecular flexibility index (Phi) is 7.15. The predicted molar refractivity (Wildman–Crippen MR) is 115 cm³/mol. The molecule has 1 aliphatic rings. The van der Waals surface area contributed by atoms with Crippen LogP contribution < -0.4 is 4.74 Å². The van der Waals surface area contributed by atoms with Gasteiger partial charge in [-0.1, -0.05) is 38.1 Å². The number of aliphatic hydroxyl groups excluding tert-OH is 3. The summed E-state index contributed by atoms with van der Waals surface area (Å²) in [5.74, 6) is 0.740. The molecule has 4 N–H and O–H groups in total. The van der Waals surface area contributed by atoms with E-state index in [0.717, 1.165) is 24.0 Å². The molecule has 0 amide bonds. The first-order chi connectivity index (χ1) is 14.3. The first-order valence-corrected chi connectivity index (χ1v) is 10.3. The molecule has 2 aromatic carbocycles. The van der Waals surface area contributed by atoms with Crippen LogP contribution in [0, 0.1) is 0 Å². The number of rotatable bonds is 6. The summed E-state index contributed by atoms with van der Waals surface area (Å²) < 4.78 is 11.2. The summed E-state index contributed by atoms with van der Waals surface area (Å²) in [6, 6.07) is 14.7. The quantitative estimate of drug-likeness (QED) is 0.541. The van der Waals surface area contributed by atoms with E-state index in [1.165, 1.54) is 11.1 Å². The second-order valence-electron chi connectivity index (χ2n) is 7.53. The van der Waals surface area contributed by atoms with Crippen LogP contribution in [0.2, 0.25) is 0 Å². The number of hydrogen-bond donors (Lipinski definition) is 4. The van der Waals surface area contributed by atoms with E-state index >= 15 is 0 Å². The molecule has 162 valence electrons. The number of phenols is 1. The lowest BCUT2D eigenvalue weighted by Gasteiger charge is -2.38. The monoisotopic (exact) mass is 414 g/mol. The highest BCUT2D eigenvalue weighted by Crippen LogP contribution is 2.33. The maximum atomic E-state index is 10.1. The van der Waals surface area contributed by atoms with Gasteiger partial charge in [-0.05, 0) is 66.3 Å². The Morgan fingerprint density at radius 2 is 1.30 bits per heavy atom. The second kappa shape index (κ2) is 9.62. The average molecular weight is 414 g/mol. The Morgan fingerprint density at radius 3 is 1.80 bits per heavy atom. The van der Waals surface area contributed by atoms with E-state index in [-0.39, 0.29) is 5.75 Å². The van der Waals surface area contributed by atoms with Gasteiger partial charge in [-0.15, -0.1) is 0 Å². The van der Waals surface area contributed by atoms with Crippen molar-refractivity contribution in [3.05, 3.63) is 59.7 Å². The van der Waals surface area contributed by atoms with E-state index in [1.807, 2.05) is 24.3 Å². The molecule has 0 bridgehead atoms. The highest BCUT2D eigenvalue weighted by Gasteiger charge is 2.43. The van der Waals surface area contributed by atoms with Gasteiger partial charge in [0.2, 0.25) is 6.29 Å². The van der Waals surface area contributed by atoms with Gasteiger partial charge in [0.05, 0.1) is 6.10 Å². The van der Waals surface area contributed by atoms with E-state index in [2.05, 4.69) is 13.8 Å². The van der Waals surface area contributed by atoms with Gasteiger partial charge in [-0.25, -0.2) is 0 Å². The summed E-state index contributed by atoms with van der Waals surface area (Å²) in [7, 11) is 0. The zero-order valence-corrected chi connectivity index (χ0v) is 17.5. The van der Waals surface area contributed by atoms with Crippen LogP contribution in [0.3, 0.4) is 0 Å². The van der Waals surface area contributed by atoms with E-state index in [4.69, 9.17) is 9.47 Å². The van der Waals surface area contributed by atoms with E-state index in [9.17, 15) is 20.4 Å². The number of ether oxygens (including phenoxy) is 2. The van der Waals surface area contributed by atoms with Crippen molar-refractivity contribution in [1.29, 1.82) is 0 Å². The minimum absolute atomic E-state index is 0.243. The van der Waals surface area contributed by atoms with Crippen molar-refractivity contribution >= 4 is 11.1 Å². The fourth-order valence-electron chi connectivity index (χ4n) is 3.83. The number of allylic oxidation sites excluding steroid dienone is 2. The summed E-state index contributed by atoms with van der Waals surface area (Å²) in [4.78, 5) is 0. The summed E-state index contributed by atoms with van der Waals surface area (Å²) in [6.07, 6.45) is -3.85. The lowest BCUT2D eigenvalue weighted by atomic mass is 9.91. The third-order valence-corrected chi connectivity index (χ3v) is 5.55. The molecular weight excluding hydrogens is 384 g/mol. The van der Waals surface area contributed by atoms with E-state index in [1.54, 1.807) is 31.2 Å². The Labute approximate surface area is 177 Å². The Hall–Kier alpha value is -2.38. The van der Waals surface area contributed by atoms with Crippen molar-refractivity contribution in [2.24, 2.45) is 0 Å². The largest absolute Gasteiger partial charge is 0.508 e. The number of benzene rings is 2. The molecule has 3 rings (SSSR count). The van der Waals surface area contributed by atoms with Gasteiger partial charge >= 0.3 is 0 Å². The molecule has 1 fully saturated rings. The van der Waals surface area contributed by atoms with Gasteiger partial charge in [0.25, 0.3) is 0 Å². The second-order valence-corrected chi connectivity index (χ2v) is 7.53. The molecule has 0 aromatic heterocycles. The summed E-state index contributed by atoms with van der Waals surface area (Å²) >= 11 is 0. The minimum atomic E-state index is -1.34. The van der Waals surface area contributed by atoms with Gasteiger partial charge < -0.3 is 29.9 Å². The molecule has 0 spiro atoms. The topological polar surface area (TPSA) is 99.4 Å². The molecule has 0 aliphatic carbocycles. The molecule has 0 radical (unpaired) electrons. The van der Waals surface area contributed by atoms with Crippen LogP contribution >= 0.6 is 0 Å². The van der Waals surface area contributed by atoms with Crippen molar-refractivity contribution in [3.8, 4) is 11.5 Å². The third-order valence-electron chi connectivity index (χ3n) is 5.55. The zero-order chi connectivity index (χ0) is 21.8. The van der Waals surface area contributed by atoms with Crippen LogP contribution in [0.1, 0.15) is 44.7 Å². The van der Waals surface area contributed by atoms with Crippen molar-refractivity contribution in [1.82, 2.24) is 0 Å². The summed E-state index contributed by atoms with van der Waals surface area (Å²) in [5, 5.41) is 39.4. The Morgan fingerprint density at radius 1 is 0.800 bits per heavy atom. The molecule has 1 aliphatic heterocycles. The maximum absolute atomic E-state index is 10.1. The first kappa shape index (κ1) is 22.3. The molecule has 0 saturated carbocycles. The summed E-state index contributed by atoms with van der Waals surface area (Å²) in [6.45, 7) is 5.83. The van der Waals surface area contributed by atoms with Gasteiger partial charge in [-0.3, -0.25) is 0 Å². The lowest BCUT2D eigenvalue weighted by molar-refractivity contribution is -0.268. The van der Waals surface area contributed by atoms with Crippen molar-refractivity contribution in [2.45, 2.75) is 64.3 Å². The van der Waals surface area contributed by atoms with Crippen LogP contribution in [0.4, 0.5) is 0 Å². The SMILES string of the molecule is CCC(=C(CC)c1ccc(OC2O[C@H](C)[C@@H](O)[C@H](O)[C@H]2O)cc1)c1ccc(O)cc1. The zero-order valence-electron chi connectivity index (χ0n) is 17.5. The fraction of sp³-hybridized carbons (Fsp3) is 0.417. The smallest absolute Gasteiger partial charge is 0.229 e. The van der Waals surface area contributed by atoms with Crippen molar-refractivity contribution < 1.29 is 29.9 Å². The Balaban J connectivity index is 1.82. The minimum Gasteiger partial charge on any atom is -0.508 e. The van der Waals surface area contributed by atoms with Gasteiger partial charge in [0, 0.05) is 0 Å². The molecule has 6 heteroatoms. The highest BCUT2D eigenvalue weighted by atomic mass is 16.7. The van der Waals surface area contributed by atoms with E-state index in [0.29, 0.717) is 5.75 Å². The molecule has 2 aromatic rings. The van der Waals surface area contributed by atoms with Crippen molar-refractivity contribution in [3.63, 3.8) is 0 Å². The van der Waals surface area contributed by atoms with E-state index < -0.39 is 30.7 Å². The number of aromatic hydroxyl groups is 1. The lowest BCUT2D eigenvalue weighted by Crippen LogP contribution is -2.58. The maximum Gasteiger partial charge on any atom is 0.229 e. The molecule has 5 atom stereocenters. The average Bonchev–Trinajstić information content (AvgIpc) is 2.76. The molecule has 30 heavy (non-hydrogen) atoms. The van der Waals surface area contributed by atoms with Crippen LogP contribution in [0.5, 0.6) is 11.5 Å². The number of aliphatic hydroxyl groups is 3. The predicted octanol–water partition coefficient (Wildman–Crippen LogP) is 3.33. The Bertz CT molecular complexity index is 858. The van der Waals surface area contributed by atoms with Gasteiger partial charge in [0.1, 0.15) is 29.8 Å². The number of hydrogen-bond acceptors (Lipinski definition) is 6. The standard InChI is InChI=1S/C24H30O6/c1-4-19(15-6-10-17(25)11-7-15)20(5-2)16-8-12-18(13-9-16)30-24-23(28)22(27)21(26)14(3)29-24/h6-14,21-28H,4-5H2,1-3H3/t14-,21-,22+,23-,24?/m1/s1. The van der Waals surface area contributed by atoms with Crippen LogP contribution in [0.25, 0.3) is 11.1 Å². The first-order valence-electron chi connectivity index (χ1n) is 10.3. The highest BCUT2D eigenvalue weighted by molar-refractivity contribution is 5.90. The van der Waals surface area contributed by atoms with Crippen LogP contribution in [-0.2, 0) is 4.74 Å². The van der Waals surface area contributed by atoms with Crippen LogP contribution in [0.15, 0.2) is 48.5 Å². The fourth-order valence-corrected chi connectivity index (χ4v) is 3.83. The molecular formula is C24H30O6. The number of phenolic OH excluding ortho intramolecular Hbond substituents is 1. The molecule has 1 saturated heterocycles. The van der Waals surface area contributed by atoms with Crippen LogP contribution in [-0.4, -0.2) is 51.1 Å². The molecule has 6 nitrogen and oxygen atoms in total. The summed E-state index contributed by atoms with van der Waals surface area (Å²) in [5.41, 5.74) is 4.55. The van der Waals surface area contributed by atoms with Crippen molar-refractivity contribution in [2.75, 3.05) is 0 Å². The third kappa shape index (κ3) is 4.68. The van der Waals surface area contributed by atoms with Gasteiger partial charge in [-0.2, -0.15) is 0 Å². The van der Waals surface area contributed by atoms with Gasteiger partial charge in [0.15, 0.2) is 0 Å². The molecule has 1 heterocycles.